The highest BCUT2D eigenvalue weighted by Gasteiger charge is 2.20. The molecule has 30 heavy (non-hydrogen) atoms. The van der Waals surface area contributed by atoms with Gasteiger partial charge in [0.05, 0.1) is 13.1 Å². The monoisotopic (exact) mass is 406 g/mol. The summed E-state index contributed by atoms with van der Waals surface area (Å²) in [6, 6.07) is 16.2. The lowest BCUT2D eigenvalue weighted by Crippen LogP contribution is -3.11. The van der Waals surface area contributed by atoms with Gasteiger partial charge in [-0.2, -0.15) is 0 Å². The first-order valence-electron chi connectivity index (χ1n) is 11.2. The number of carbonyl (C=O) groups is 2. The van der Waals surface area contributed by atoms with E-state index >= 15 is 0 Å². The average Bonchev–Trinajstić information content (AvgIpc) is 3.18. The molecule has 0 atom stereocenters. The Hall–Kier alpha value is -2.66. The van der Waals surface area contributed by atoms with Crippen molar-refractivity contribution in [1.29, 1.82) is 0 Å². The van der Waals surface area contributed by atoms with Crippen LogP contribution < -0.4 is 10.2 Å². The van der Waals surface area contributed by atoms with Crippen LogP contribution in [0.15, 0.2) is 48.5 Å². The highest BCUT2D eigenvalue weighted by Crippen LogP contribution is 2.15. The average molecular weight is 407 g/mol. The molecule has 2 N–H and O–H groups in total. The summed E-state index contributed by atoms with van der Waals surface area (Å²) in [4.78, 5) is 27.8. The molecule has 2 amide bonds. The molecule has 0 unspecified atom stereocenters. The third-order valence-electron chi connectivity index (χ3n) is 6.25. The third kappa shape index (κ3) is 5.48. The fourth-order valence-electron chi connectivity index (χ4n) is 4.43. The maximum Gasteiger partial charge on any atom is 0.251 e. The Labute approximate surface area is 179 Å². The molecular formula is C25H32N3O2+. The van der Waals surface area contributed by atoms with Gasteiger partial charge in [0.2, 0.25) is 5.91 Å². The number of nitrogens with one attached hydrogen (secondary N) is 2. The largest absolute Gasteiger partial charge is 0.348 e. The van der Waals surface area contributed by atoms with Crippen LogP contribution in [0.4, 0.5) is 0 Å². The molecule has 2 aromatic carbocycles. The first kappa shape index (κ1) is 20.6. The molecule has 2 saturated heterocycles. The van der Waals surface area contributed by atoms with E-state index in [2.05, 4.69) is 29.6 Å². The van der Waals surface area contributed by atoms with Crippen LogP contribution in [0.1, 0.15) is 59.2 Å². The SMILES string of the molecule is O=C(NCc1ccc(C[NH+]2CCCCC2)cc1)c1ccc(CN2CCCC2=O)cc1. The van der Waals surface area contributed by atoms with Crippen molar-refractivity contribution >= 4 is 11.8 Å². The highest BCUT2D eigenvalue weighted by molar-refractivity contribution is 5.94. The van der Waals surface area contributed by atoms with E-state index < -0.39 is 0 Å². The Morgan fingerprint density at radius 3 is 2.20 bits per heavy atom. The maximum absolute atomic E-state index is 12.5. The standard InChI is InChI=1S/C25H31N3O2/c29-24-5-4-16-28(24)19-22-10-12-23(13-11-22)25(30)26-17-20-6-8-21(9-7-20)18-27-14-2-1-3-15-27/h6-13H,1-5,14-19H2,(H,26,30)/p+1. The number of hydrogen-bond donors (Lipinski definition) is 2. The van der Waals surface area contributed by atoms with Crippen molar-refractivity contribution in [2.45, 2.75) is 51.7 Å². The topological polar surface area (TPSA) is 53.9 Å². The van der Waals surface area contributed by atoms with E-state index in [1.54, 1.807) is 4.90 Å². The van der Waals surface area contributed by atoms with Crippen molar-refractivity contribution in [3.8, 4) is 0 Å². The first-order chi connectivity index (χ1) is 14.7. The van der Waals surface area contributed by atoms with Crippen LogP contribution in [-0.2, 0) is 24.4 Å². The molecule has 5 nitrogen and oxygen atoms in total. The number of benzene rings is 2. The Kier molecular flexibility index (Phi) is 6.80. The van der Waals surface area contributed by atoms with Gasteiger partial charge < -0.3 is 15.1 Å². The zero-order valence-electron chi connectivity index (χ0n) is 17.7. The molecule has 0 aliphatic carbocycles. The number of hydrogen-bond acceptors (Lipinski definition) is 2. The summed E-state index contributed by atoms with van der Waals surface area (Å²) in [5, 5.41) is 3.01. The van der Waals surface area contributed by atoms with Gasteiger partial charge in [-0.3, -0.25) is 9.59 Å². The number of amides is 2. The summed E-state index contributed by atoms with van der Waals surface area (Å²) in [5.41, 5.74) is 4.20. The lowest BCUT2D eigenvalue weighted by atomic mass is 10.1. The van der Waals surface area contributed by atoms with Gasteiger partial charge in [-0.05, 0) is 48.9 Å². The number of nitrogens with zero attached hydrogens (tertiary/aromatic N) is 1. The summed E-state index contributed by atoms with van der Waals surface area (Å²) in [6.07, 6.45) is 5.66. The quantitative estimate of drug-likeness (QED) is 0.741. The predicted molar refractivity (Wildman–Crippen MR) is 117 cm³/mol. The van der Waals surface area contributed by atoms with E-state index in [9.17, 15) is 9.59 Å². The van der Waals surface area contributed by atoms with Crippen LogP contribution in [0.3, 0.4) is 0 Å². The molecule has 4 rings (SSSR count). The number of quaternary nitrogens is 1. The second-order valence-corrected chi connectivity index (χ2v) is 8.60. The molecule has 0 bridgehead atoms. The molecule has 0 aromatic heterocycles. The van der Waals surface area contributed by atoms with Crippen molar-refractivity contribution in [3.05, 3.63) is 70.8 Å². The van der Waals surface area contributed by atoms with Crippen LogP contribution in [0.25, 0.3) is 0 Å². The fourth-order valence-corrected chi connectivity index (χ4v) is 4.43. The molecule has 2 fully saturated rings. The van der Waals surface area contributed by atoms with Gasteiger partial charge in [0.1, 0.15) is 6.54 Å². The maximum atomic E-state index is 12.5. The van der Waals surface area contributed by atoms with E-state index in [0.717, 1.165) is 30.6 Å². The molecule has 0 spiro atoms. The Balaban J connectivity index is 1.25. The van der Waals surface area contributed by atoms with Crippen LogP contribution in [0, 0.1) is 0 Å². The summed E-state index contributed by atoms with van der Waals surface area (Å²) < 4.78 is 0. The van der Waals surface area contributed by atoms with Crippen LogP contribution in [0.2, 0.25) is 0 Å². The third-order valence-corrected chi connectivity index (χ3v) is 6.25. The minimum atomic E-state index is -0.0689. The van der Waals surface area contributed by atoms with Crippen molar-refractivity contribution in [2.24, 2.45) is 0 Å². The van der Waals surface area contributed by atoms with Crippen molar-refractivity contribution in [1.82, 2.24) is 10.2 Å². The Morgan fingerprint density at radius 2 is 1.53 bits per heavy atom. The molecule has 2 heterocycles. The molecule has 2 aliphatic heterocycles. The Morgan fingerprint density at radius 1 is 0.867 bits per heavy atom. The second kappa shape index (κ2) is 9.90. The molecule has 158 valence electrons. The van der Waals surface area contributed by atoms with Crippen molar-refractivity contribution < 1.29 is 14.5 Å². The smallest absolute Gasteiger partial charge is 0.251 e. The predicted octanol–water partition coefficient (Wildman–Crippen LogP) is 2.31. The van der Waals surface area contributed by atoms with Crippen LogP contribution in [-0.4, -0.2) is 36.3 Å². The Bertz CT molecular complexity index is 855. The number of rotatable bonds is 7. The number of carbonyl (C=O) groups excluding carboxylic acids is 2. The molecule has 2 aliphatic rings. The zero-order valence-corrected chi connectivity index (χ0v) is 17.7. The van der Waals surface area contributed by atoms with Gasteiger partial charge in [-0.25, -0.2) is 0 Å². The van der Waals surface area contributed by atoms with Gasteiger partial charge in [-0.1, -0.05) is 36.4 Å². The summed E-state index contributed by atoms with van der Waals surface area (Å²) >= 11 is 0. The van der Waals surface area contributed by atoms with Gasteiger partial charge in [-0.15, -0.1) is 0 Å². The molecular weight excluding hydrogens is 374 g/mol. The van der Waals surface area contributed by atoms with Crippen molar-refractivity contribution in [2.75, 3.05) is 19.6 Å². The normalized spacial score (nSPS) is 17.3. The molecule has 0 radical (unpaired) electrons. The number of piperidine rings is 1. The van der Waals surface area contributed by atoms with Gasteiger partial charge in [0.15, 0.2) is 0 Å². The lowest BCUT2D eigenvalue weighted by molar-refractivity contribution is -0.918. The zero-order chi connectivity index (χ0) is 20.8. The summed E-state index contributed by atoms with van der Waals surface area (Å²) in [6.45, 7) is 5.66. The summed E-state index contributed by atoms with van der Waals surface area (Å²) in [7, 11) is 0. The van der Waals surface area contributed by atoms with E-state index in [4.69, 9.17) is 0 Å². The van der Waals surface area contributed by atoms with E-state index in [-0.39, 0.29) is 11.8 Å². The van der Waals surface area contributed by atoms with Gasteiger partial charge >= 0.3 is 0 Å². The van der Waals surface area contributed by atoms with Gasteiger partial charge in [0.25, 0.3) is 5.91 Å². The highest BCUT2D eigenvalue weighted by atomic mass is 16.2. The minimum absolute atomic E-state index is 0.0689. The van der Waals surface area contributed by atoms with Crippen LogP contribution in [0.5, 0.6) is 0 Å². The van der Waals surface area contributed by atoms with E-state index in [1.807, 2.05) is 29.2 Å². The summed E-state index contributed by atoms with van der Waals surface area (Å²) in [5.74, 6) is 0.154. The molecule has 2 aromatic rings. The molecule has 0 saturated carbocycles. The number of likely N-dealkylation sites (tertiary alicyclic amines) is 2. The van der Waals surface area contributed by atoms with E-state index in [0.29, 0.717) is 25.1 Å². The van der Waals surface area contributed by atoms with E-state index in [1.165, 1.54) is 37.9 Å². The minimum Gasteiger partial charge on any atom is -0.348 e. The first-order valence-corrected chi connectivity index (χ1v) is 11.2. The van der Waals surface area contributed by atoms with Gasteiger partial charge in [0, 0.05) is 37.2 Å². The fraction of sp³-hybridized carbons (Fsp3) is 0.440. The van der Waals surface area contributed by atoms with Crippen molar-refractivity contribution in [3.63, 3.8) is 0 Å². The van der Waals surface area contributed by atoms with Crippen LogP contribution >= 0.6 is 0 Å². The molecule has 5 heteroatoms. The second-order valence-electron chi connectivity index (χ2n) is 8.60. The lowest BCUT2D eigenvalue weighted by Gasteiger charge is -2.23.